The minimum Gasteiger partial charge on any atom is -0.491 e. The molecule has 2 aliphatic heterocycles. The fraction of sp³-hybridized carbons (Fsp3) is 0.0952. The van der Waals surface area contributed by atoms with E-state index in [9.17, 15) is 10.1 Å². The van der Waals surface area contributed by atoms with E-state index in [0.29, 0.717) is 23.2 Å². The standard InChI is InChI=1S/C21H13N5O3S/c27-26(28)14-8-5-13(6-9-14)20-22-23-21-25(20)24-18-16-10-7-12-3-1-2-4-15(12)19(16)29-11-17(18)30-21/h1-10,17H,11H2. The Balaban J connectivity index is 1.49. The van der Waals surface area contributed by atoms with Crippen LogP contribution >= 0.6 is 11.8 Å². The monoisotopic (exact) mass is 415 g/mol. The normalized spacial score (nSPS) is 16.8. The highest BCUT2D eigenvalue weighted by Gasteiger charge is 2.35. The molecule has 30 heavy (non-hydrogen) atoms. The third kappa shape index (κ3) is 2.52. The van der Waals surface area contributed by atoms with E-state index in [0.717, 1.165) is 27.8 Å². The van der Waals surface area contributed by atoms with Gasteiger partial charge in [-0.25, -0.2) is 0 Å². The molecule has 0 amide bonds. The maximum absolute atomic E-state index is 10.9. The molecule has 6 rings (SSSR count). The average Bonchev–Trinajstić information content (AvgIpc) is 3.20. The van der Waals surface area contributed by atoms with Crippen molar-refractivity contribution in [1.29, 1.82) is 0 Å². The van der Waals surface area contributed by atoms with Gasteiger partial charge in [0.1, 0.15) is 12.4 Å². The van der Waals surface area contributed by atoms with Crippen molar-refractivity contribution in [2.24, 2.45) is 5.10 Å². The molecule has 1 unspecified atom stereocenters. The molecule has 0 radical (unpaired) electrons. The van der Waals surface area contributed by atoms with Crippen molar-refractivity contribution in [2.45, 2.75) is 10.4 Å². The summed E-state index contributed by atoms with van der Waals surface area (Å²) in [7, 11) is 0. The van der Waals surface area contributed by atoms with Crippen LogP contribution in [0.5, 0.6) is 5.75 Å². The van der Waals surface area contributed by atoms with Gasteiger partial charge in [0.25, 0.3) is 5.69 Å². The number of hydrogen-bond acceptors (Lipinski definition) is 7. The number of hydrogen-bond donors (Lipinski definition) is 0. The fourth-order valence-electron chi connectivity index (χ4n) is 3.80. The van der Waals surface area contributed by atoms with Gasteiger partial charge in [-0.05, 0) is 23.6 Å². The Kier molecular flexibility index (Phi) is 3.66. The molecule has 0 saturated carbocycles. The predicted molar refractivity (Wildman–Crippen MR) is 113 cm³/mol. The summed E-state index contributed by atoms with van der Waals surface area (Å²) >= 11 is 1.56. The smallest absolute Gasteiger partial charge is 0.269 e. The Morgan fingerprint density at radius 1 is 1.07 bits per heavy atom. The third-order valence-corrected chi connectivity index (χ3v) is 6.35. The van der Waals surface area contributed by atoms with Gasteiger partial charge < -0.3 is 4.74 Å². The summed E-state index contributed by atoms with van der Waals surface area (Å²) in [5.74, 6) is 1.39. The lowest BCUT2D eigenvalue weighted by atomic mass is 9.98. The van der Waals surface area contributed by atoms with Crippen molar-refractivity contribution in [3.05, 3.63) is 76.3 Å². The molecule has 9 heteroatoms. The molecule has 4 aromatic rings. The van der Waals surface area contributed by atoms with Crippen LogP contribution in [0.25, 0.3) is 22.2 Å². The minimum atomic E-state index is -0.424. The van der Waals surface area contributed by atoms with E-state index in [1.165, 1.54) is 12.1 Å². The highest BCUT2D eigenvalue weighted by Crippen LogP contribution is 2.40. The number of rotatable bonds is 2. The van der Waals surface area contributed by atoms with Crippen molar-refractivity contribution in [2.75, 3.05) is 6.61 Å². The van der Waals surface area contributed by atoms with Gasteiger partial charge >= 0.3 is 0 Å². The van der Waals surface area contributed by atoms with Crippen LogP contribution in [0, 0.1) is 10.1 Å². The van der Waals surface area contributed by atoms with Crippen molar-refractivity contribution in [3.63, 3.8) is 0 Å². The Hall–Kier alpha value is -3.72. The number of benzene rings is 3. The minimum absolute atomic E-state index is 0.0278. The van der Waals surface area contributed by atoms with E-state index < -0.39 is 4.92 Å². The first-order valence-electron chi connectivity index (χ1n) is 9.30. The first-order chi connectivity index (χ1) is 14.7. The van der Waals surface area contributed by atoms with Crippen molar-refractivity contribution >= 4 is 33.9 Å². The molecule has 0 N–H and O–H groups in total. The maximum atomic E-state index is 10.9. The summed E-state index contributed by atoms with van der Waals surface area (Å²) in [5, 5.41) is 27.2. The summed E-state index contributed by atoms with van der Waals surface area (Å²) in [6.07, 6.45) is 0. The predicted octanol–water partition coefficient (Wildman–Crippen LogP) is 4.13. The van der Waals surface area contributed by atoms with Gasteiger partial charge in [-0.15, -0.1) is 10.2 Å². The van der Waals surface area contributed by atoms with E-state index in [1.807, 2.05) is 18.2 Å². The molecular weight excluding hydrogens is 402 g/mol. The molecule has 0 saturated heterocycles. The lowest BCUT2D eigenvalue weighted by molar-refractivity contribution is -0.384. The Bertz CT molecular complexity index is 1360. The van der Waals surface area contributed by atoms with E-state index in [1.54, 1.807) is 28.6 Å². The average molecular weight is 415 g/mol. The number of thioether (sulfide) groups is 1. The van der Waals surface area contributed by atoms with Gasteiger partial charge in [-0.2, -0.15) is 9.78 Å². The van der Waals surface area contributed by atoms with Crippen LogP contribution in [0.3, 0.4) is 0 Å². The van der Waals surface area contributed by atoms with Gasteiger partial charge in [-0.1, -0.05) is 42.1 Å². The van der Waals surface area contributed by atoms with Crippen LogP contribution in [-0.4, -0.2) is 37.4 Å². The molecule has 8 nitrogen and oxygen atoms in total. The second-order valence-corrected chi connectivity index (χ2v) is 8.16. The number of fused-ring (bicyclic) bond motifs is 6. The topological polar surface area (TPSA) is 95.4 Å². The molecule has 3 aromatic carbocycles. The van der Waals surface area contributed by atoms with E-state index in [-0.39, 0.29) is 10.9 Å². The Labute approximate surface area is 174 Å². The molecule has 0 fully saturated rings. The second kappa shape index (κ2) is 6.39. The SMILES string of the molecule is O=[N+]([O-])c1ccc(-c2nnc3n2N=C2c4ccc5ccccc5c4OCC2S3)cc1. The quantitative estimate of drug-likeness (QED) is 0.361. The third-order valence-electron chi connectivity index (χ3n) is 5.24. The number of nitro benzene ring substituents is 1. The molecule has 0 bridgehead atoms. The fourth-order valence-corrected chi connectivity index (χ4v) is 4.79. The van der Waals surface area contributed by atoms with Crippen LogP contribution in [0.15, 0.2) is 70.9 Å². The summed E-state index contributed by atoms with van der Waals surface area (Å²) in [4.78, 5) is 10.5. The van der Waals surface area contributed by atoms with E-state index in [2.05, 4.69) is 28.4 Å². The van der Waals surface area contributed by atoms with Crippen molar-refractivity contribution in [1.82, 2.24) is 14.9 Å². The largest absolute Gasteiger partial charge is 0.491 e. The van der Waals surface area contributed by atoms with Crippen molar-refractivity contribution < 1.29 is 9.66 Å². The molecular formula is C21H13N5O3S. The van der Waals surface area contributed by atoms with Crippen LogP contribution < -0.4 is 4.74 Å². The summed E-state index contributed by atoms with van der Waals surface area (Å²) in [5.41, 5.74) is 2.63. The molecule has 146 valence electrons. The zero-order chi connectivity index (χ0) is 20.2. The Morgan fingerprint density at radius 2 is 1.90 bits per heavy atom. The number of nitro groups is 1. The van der Waals surface area contributed by atoms with Gasteiger partial charge in [0.05, 0.1) is 15.9 Å². The second-order valence-electron chi connectivity index (χ2n) is 6.99. The number of non-ortho nitro benzene ring substituents is 1. The molecule has 0 aliphatic carbocycles. The molecule has 1 aromatic heterocycles. The first kappa shape index (κ1) is 17.2. The number of nitrogens with zero attached hydrogens (tertiary/aromatic N) is 5. The van der Waals surface area contributed by atoms with Crippen LogP contribution in [-0.2, 0) is 0 Å². The highest BCUT2D eigenvalue weighted by molar-refractivity contribution is 8.00. The van der Waals surface area contributed by atoms with E-state index in [4.69, 9.17) is 9.84 Å². The molecule has 2 aliphatic rings. The van der Waals surface area contributed by atoms with Crippen LogP contribution in [0.4, 0.5) is 5.69 Å². The summed E-state index contributed by atoms with van der Waals surface area (Å²) in [6, 6.07) is 18.5. The van der Waals surface area contributed by atoms with Gasteiger partial charge in [0.15, 0.2) is 5.82 Å². The van der Waals surface area contributed by atoms with Gasteiger partial charge in [0, 0.05) is 28.6 Å². The zero-order valence-electron chi connectivity index (χ0n) is 15.4. The summed E-state index contributed by atoms with van der Waals surface area (Å²) < 4.78 is 7.84. The van der Waals surface area contributed by atoms with Crippen LogP contribution in [0.1, 0.15) is 5.56 Å². The molecule has 3 heterocycles. The highest BCUT2D eigenvalue weighted by atomic mass is 32.2. The van der Waals surface area contributed by atoms with Gasteiger partial charge in [-0.3, -0.25) is 10.1 Å². The van der Waals surface area contributed by atoms with Gasteiger partial charge in [0.2, 0.25) is 5.16 Å². The van der Waals surface area contributed by atoms with Crippen molar-refractivity contribution in [3.8, 4) is 17.1 Å². The number of ether oxygens (including phenoxy) is 1. The van der Waals surface area contributed by atoms with Crippen LogP contribution in [0.2, 0.25) is 0 Å². The summed E-state index contributed by atoms with van der Waals surface area (Å²) in [6.45, 7) is 0.504. The lowest BCUT2D eigenvalue weighted by Gasteiger charge is -2.29. The molecule has 0 spiro atoms. The Morgan fingerprint density at radius 3 is 2.73 bits per heavy atom. The lowest BCUT2D eigenvalue weighted by Crippen LogP contribution is -2.34. The zero-order valence-corrected chi connectivity index (χ0v) is 16.2. The first-order valence-corrected chi connectivity index (χ1v) is 10.2. The molecule has 1 atom stereocenters. The number of aromatic nitrogens is 3. The maximum Gasteiger partial charge on any atom is 0.269 e. The van der Waals surface area contributed by atoms with E-state index >= 15 is 0 Å².